The third-order valence-electron chi connectivity index (χ3n) is 6.09. The maximum absolute atomic E-state index is 13.7. The minimum absolute atomic E-state index is 0.302. The van der Waals surface area contributed by atoms with Crippen molar-refractivity contribution in [3.63, 3.8) is 0 Å². The van der Waals surface area contributed by atoms with Crippen molar-refractivity contribution in [1.29, 1.82) is 0 Å². The van der Waals surface area contributed by atoms with Crippen LogP contribution in [0, 0.1) is 0 Å². The molecular weight excluding hydrogens is 534 g/mol. The van der Waals surface area contributed by atoms with Crippen LogP contribution in [0.1, 0.15) is 28.9 Å². The van der Waals surface area contributed by atoms with Gasteiger partial charge in [0.15, 0.2) is 0 Å². The number of benzene rings is 3. The summed E-state index contributed by atoms with van der Waals surface area (Å²) in [5.41, 5.74) is 3.53. The van der Waals surface area contributed by atoms with Gasteiger partial charge in [-0.2, -0.15) is 5.10 Å². The second-order valence-corrected chi connectivity index (χ2v) is 9.36. The minimum atomic E-state index is -0.572. The molecule has 8 nitrogen and oxygen atoms in total. The van der Waals surface area contributed by atoms with E-state index in [1.54, 1.807) is 23.9 Å². The van der Waals surface area contributed by atoms with Crippen LogP contribution in [0.25, 0.3) is 0 Å². The molecule has 4 aromatic rings. The average molecular weight is 558 g/mol. The Balaban J connectivity index is 1.55. The number of ether oxygens (including phenoxy) is 1. The fourth-order valence-electron chi connectivity index (χ4n) is 4.33. The number of carbonyl (C=O) groups is 2. The van der Waals surface area contributed by atoms with E-state index in [1.807, 2.05) is 73.7 Å². The second kappa shape index (κ2) is 10.3. The largest absolute Gasteiger partial charge is 0.495 e. The molecule has 3 N–H and O–H groups in total. The molecule has 1 aliphatic heterocycles. The van der Waals surface area contributed by atoms with Crippen LogP contribution in [0.15, 0.2) is 101 Å². The molecule has 0 saturated carbocycles. The van der Waals surface area contributed by atoms with Crippen LogP contribution in [0.2, 0.25) is 0 Å². The van der Waals surface area contributed by atoms with Crippen LogP contribution in [-0.4, -0.2) is 28.7 Å². The summed E-state index contributed by atoms with van der Waals surface area (Å²) < 4.78 is 7.99. The van der Waals surface area contributed by atoms with Crippen molar-refractivity contribution in [2.75, 3.05) is 23.1 Å². The molecule has 9 heteroatoms. The first-order valence-corrected chi connectivity index (χ1v) is 12.4. The number of nitrogens with one attached hydrogen (secondary N) is 3. The Morgan fingerprint density at radius 3 is 2.38 bits per heavy atom. The number of para-hydroxylation sites is 3. The third kappa shape index (κ3) is 4.85. The van der Waals surface area contributed by atoms with Crippen molar-refractivity contribution in [3.8, 4) is 5.75 Å². The number of methoxy groups -OCH3 is 1. The summed E-state index contributed by atoms with van der Waals surface area (Å²) in [5.74, 6) is 0.452. The van der Waals surface area contributed by atoms with Crippen molar-refractivity contribution < 1.29 is 14.3 Å². The summed E-state index contributed by atoms with van der Waals surface area (Å²) in [7, 11) is 1.56. The lowest BCUT2D eigenvalue weighted by atomic mass is 9.94. The Bertz CT molecular complexity index is 1500. The number of rotatable bonds is 6. The van der Waals surface area contributed by atoms with Gasteiger partial charge in [0.1, 0.15) is 23.2 Å². The molecule has 2 heterocycles. The number of amides is 2. The molecule has 0 spiro atoms. The zero-order valence-electron chi connectivity index (χ0n) is 20.2. The lowest BCUT2D eigenvalue weighted by molar-refractivity contribution is -0.113. The highest BCUT2D eigenvalue weighted by Gasteiger charge is 2.35. The van der Waals surface area contributed by atoms with Gasteiger partial charge in [0.25, 0.3) is 11.8 Å². The topological polar surface area (TPSA) is 97.3 Å². The number of allylic oxidation sites excluding steroid dienone is 1. The fraction of sp³-hybridized carbons (Fsp3) is 0.107. The molecule has 0 unspecified atom stereocenters. The summed E-state index contributed by atoms with van der Waals surface area (Å²) >= 11 is 3.48. The van der Waals surface area contributed by atoms with Gasteiger partial charge in [-0.25, -0.2) is 4.68 Å². The summed E-state index contributed by atoms with van der Waals surface area (Å²) in [4.78, 5) is 26.8. The minimum Gasteiger partial charge on any atom is -0.495 e. The molecule has 1 atom stereocenters. The SMILES string of the molecule is COc1ccccc1NC(=O)C1=C(C)Nc2c(C(=O)Nc3ccccc3)cnn2[C@@H]1c1ccc(Br)cc1. The van der Waals surface area contributed by atoms with Gasteiger partial charge in [0.05, 0.1) is 24.6 Å². The number of hydrogen-bond acceptors (Lipinski definition) is 5. The first-order chi connectivity index (χ1) is 18.0. The molecule has 0 radical (unpaired) electrons. The predicted molar refractivity (Wildman–Crippen MR) is 147 cm³/mol. The van der Waals surface area contributed by atoms with Crippen LogP contribution in [-0.2, 0) is 4.79 Å². The van der Waals surface area contributed by atoms with E-state index >= 15 is 0 Å². The Kier molecular flexibility index (Phi) is 6.78. The summed E-state index contributed by atoms with van der Waals surface area (Å²) in [6, 6.07) is 23.6. The standard InChI is InChI=1S/C28H24BrN5O3/c1-17-24(28(36)33-22-10-6-7-11-23(22)37-2)25(18-12-14-19(29)15-13-18)34-26(31-17)21(16-30-34)27(35)32-20-8-4-3-5-9-20/h3-16,25,31H,1-2H3,(H,32,35)(H,33,36)/t25-/m1/s1. The van der Waals surface area contributed by atoms with E-state index in [0.29, 0.717) is 39.8 Å². The van der Waals surface area contributed by atoms with Crippen LogP contribution in [0.5, 0.6) is 5.75 Å². The molecule has 0 fully saturated rings. The van der Waals surface area contributed by atoms with Gasteiger partial charge in [-0.05, 0) is 48.9 Å². The zero-order chi connectivity index (χ0) is 25.9. The van der Waals surface area contributed by atoms with Crippen molar-refractivity contribution in [3.05, 3.63) is 112 Å². The summed E-state index contributed by atoms with van der Waals surface area (Å²) in [6.45, 7) is 1.82. The highest BCUT2D eigenvalue weighted by molar-refractivity contribution is 9.10. The Hall–Kier alpha value is -4.37. The molecular formula is C28H24BrN5O3. The number of carbonyl (C=O) groups excluding carboxylic acids is 2. The Morgan fingerprint density at radius 1 is 0.946 bits per heavy atom. The fourth-order valence-corrected chi connectivity index (χ4v) is 4.59. The lowest BCUT2D eigenvalue weighted by Gasteiger charge is -2.30. The van der Waals surface area contributed by atoms with Crippen molar-refractivity contribution in [1.82, 2.24) is 9.78 Å². The van der Waals surface area contributed by atoms with Gasteiger partial charge < -0.3 is 20.7 Å². The molecule has 37 heavy (non-hydrogen) atoms. The quantitative estimate of drug-likeness (QED) is 0.277. The highest BCUT2D eigenvalue weighted by atomic mass is 79.9. The highest BCUT2D eigenvalue weighted by Crippen LogP contribution is 2.38. The Labute approximate surface area is 222 Å². The van der Waals surface area contributed by atoms with E-state index in [2.05, 4.69) is 37.0 Å². The second-order valence-electron chi connectivity index (χ2n) is 8.44. The molecule has 0 bridgehead atoms. The van der Waals surface area contributed by atoms with Gasteiger partial charge >= 0.3 is 0 Å². The smallest absolute Gasteiger partial charge is 0.261 e. The summed E-state index contributed by atoms with van der Waals surface area (Å²) in [6.07, 6.45) is 1.51. The maximum atomic E-state index is 13.7. The molecule has 3 aromatic carbocycles. The van der Waals surface area contributed by atoms with Crippen LogP contribution >= 0.6 is 15.9 Å². The first-order valence-electron chi connectivity index (χ1n) is 11.6. The van der Waals surface area contributed by atoms with Crippen molar-refractivity contribution >= 4 is 44.9 Å². The lowest BCUT2D eigenvalue weighted by Crippen LogP contribution is -2.32. The van der Waals surface area contributed by atoms with Crippen molar-refractivity contribution in [2.24, 2.45) is 0 Å². The molecule has 2 amide bonds. The molecule has 0 saturated heterocycles. The van der Waals surface area contributed by atoms with E-state index in [0.717, 1.165) is 10.0 Å². The van der Waals surface area contributed by atoms with Gasteiger partial charge in [0.2, 0.25) is 0 Å². The number of aromatic nitrogens is 2. The molecule has 186 valence electrons. The molecule has 1 aliphatic rings. The van der Waals surface area contributed by atoms with E-state index in [4.69, 9.17) is 4.74 Å². The molecule has 1 aromatic heterocycles. The van der Waals surface area contributed by atoms with Crippen LogP contribution in [0.4, 0.5) is 17.2 Å². The van der Waals surface area contributed by atoms with Gasteiger partial charge in [-0.1, -0.05) is 58.4 Å². The number of anilines is 3. The normalized spacial score (nSPS) is 14.4. The van der Waals surface area contributed by atoms with Gasteiger partial charge in [0, 0.05) is 15.9 Å². The van der Waals surface area contributed by atoms with Crippen molar-refractivity contribution in [2.45, 2.75) is 13.0 Å². The number of hydrogen-bond donors (Lipinski definition) is 3. The average Bonchev–Trinajstić information content (AvgIpc) is 3.33. The van der Waals surface area contributed by atoms with E-state index in [9.17, 15) is 9.59 Å². The van der Waals surface area contributed by atoms with E-state index in [1.165, 1.54) is 6.20 Å². The number of fused-ring (bicyclic) bond motifs is 1. The number of nitrogens with zero attached hydrogens (tertiary/aromatic N) is 2. The van der Waals surface area contributed by atoms with Crippen LogP contribution < -0.4 is 20.7 Å². The Morgan fingerprint density at radius 2 is 1.65 bits per heavy atom. The van der Waals surface area contributed by atoms with E-state index < -0.39 is 6.04 Å². The molecule has 5 rings (SSSR count). The summed E-state index contributed by atoms with van der Waals surface area (Å²) in [5, 5.41) is 13.7. The maximum Gasteiger partial charge on any atom is 0.261 e. The van der Waals surface area contributed by atoms with Crippen LogP contribution in [0.3, 0.4) is 0 Å². The predicted octanol–water partition coefficient (Wildman–Crippen LogP) is 5.83. The van der Waals surface area contributed by atoms with E-state index in [-0.39, 0.29) is 11.8 Å². The zero-order valence-corrected chi connectivity index (χ0v) is 21.7. The first kappa shape index (κ1) is 24.3. The molecule has 0 aliphatic carbocycles. The van der Waals surface area contributed by atoms with Gasteiger partial charge in [-0.15, -0.1) is 0 Å². The monoisotopic (exact) mass is 557 g/mol. The third-order valence-corrected chi connectivity index (χ3v) is 6.61. The van der Waals surface area contributed by atoms with Gasteiger partial charge in [-0.3, -0.25) is 9.59 Å². The number of halogens is 1.